The van der Waals surface area contributed by atoms with Gasteiger partial charge in [-0.3, -0.25) is 4.79 Å². The minimum atomic E-state index is -4.48. The fourth-order valence-corrected chi connectivity index (χ4v) is 4.87. The first-order chi connectivity index (χ1) is 15.6. The fourth-order valence-electron chi connectivity index (χ4n) is 4.87. The number of hydrogen-bond acceptors (Lipinski definition) is 2. The monoisotopic (exact) mass is 463 g/mol. The Morgan fingerprint density at radius 1 is 1.12 bits per heavy atom. The van der Waals surface area contributed by atoms with E-state index in [1.165, 1.54) is 23.1 Å². The summed E-state index contributed by atoms with van der Waals surface area (Å²) in [5.74, 6) is -2.78. The van der Waals surface area contributed by atoms with Gasteiger partial charge in [-0.25, -0.2) is 13.6 Å². The van der Waals surface area contributed by atoms with Gasteiger partial charge in [0, 0.05) is 18.0 Å². The van der Waals surface area contributed by atoms with Crippen molar-refractivity contribution in [2.24, 2.45) is 5.92 Å². The van der Waals surface area contributed by atoms with Gasteiger partial charge in [0.15, 0.2) is 11.6 Å². The van der Waals surface area contributed by atoms with E-state index >= 15 is 0 Å². The fraction of sp³-hybridized carbons (Fsp3) is 0.304. The number of carbonyl (C=O) groups is 2. The van der Waals surface area contributed by atoms with Crippen molar-refractivity contribution in [2.75, 3.05) is 18.4 Å². The molecule has 10 heteroatoms. The first-order valence-corrected chi connectivity index (χ1v) is 10.3. The van der Waals surface area contributed by atoms with Gasteiger partial charge in [-0.2, -0.15) is 13.2 Å². The van der Waals surface area contributed by atoms with E-state index in [9.17, 15) is 31.5 Å². The van der Waals surface area contributed by atoms with Crippen molar-refractivity contribution < 1.29 is 31.5 Å². The topological polar surface area (TPSA) is 52.7 Å². The molecule has 1 aliphatic carbocycles. The lowest BCUT2D eigenvalue weighted by Gasteiger charge is -2.32. The number of benzene rings is 2. The van der Waals surface area contributed by atoms with E-state index in [1.54, 1.807) is 12.1 Å². The van der Waals surface area contributed by atoms with E-state index in [1.807, 2.05) is 0 Å². The molecule has 1 saturated heterocycles. The molecule has 0 saturated carbocycles. The van der Waals surface area contributed by atoms with Gasteiger partial charge in [-0.1, -0.05) is 24.3 Å². The molecule has 5 rings (SSSR count). The standard InChI is InChI=1S/C23H18F5N3O2/c24-18-5-6-19-16(21(18)25)10-30(22(33)29-19)11-20(32)31-9-12-7-13(31)8-15(12)14-3-1-2-4-17(14)23(26,27)28/h1-6,8,12-13H,7,9-11H2,(H,29,33)/t12-,13-/m0/s1. The number of halogens is 5. The lowest BCUT2D eigenvalue weighted by atomic mass is 9.91. The number of likely N-dealkylation sites (tertiary alicyclic amines) is 1. The van der Waals surface area contributed by atoms with Gasteiger partial charge in [0.25, 0.3) is 0 Å². The van der Waals surface area contributed by atoms with E-state index in [0.717, 1.165) is 17.0 Å². The quantitative estimate of drug-likeness (QED) is 0.675. The van der Waals surface area contributed by atoms with Crippen LogP contribution in [0.4, 0.5) is 32.4 Å². The van der Waals surface area contributed by atoms with Gasteiger partial charge in [0.05, 0.1) is 23.8 Å². The minimum absolute atomic E-state index is 0.0451. The zero-order valence-electron chi connectivity index (χ0n) is 17.1. The molecule has 0 radical (unpaired) electrons. The average molecular weight is 463 g/mol. The van der Waals surface area contributed by atoms with Gasteiger partial charge in [-0.15, -0.1) is 0 Å². The maximum absolute atomic E-state index is 14.1. The second-order valence-electron chi connectivity index (χ2n) is 8.39. The van der Waals surface area contributed by atoms with Gasteiger partial charge >= 0.3 is 12.2 Å². The molecule has 3 aliphatic rings. The van der Waals surface area contributed by atoms with Crippen LogP contribution in [-0.4, -0.2) is 40.9 Å². The summed E-state index contributed by atoms with van der Waals surface area (Å²) < 4.78 is 67.9. The molecule has 33 heavy (non-hydrogen) atoms. The van der Waals surface area contributed by atoms with Crippen molar-refractivity contribution in [2.45, 2.75) is 25.2 Å². The van der Waals surface area contributed by atoms with Crippen LogP contribution in [0.1, 0.15) is 23.1 Å². The smallest absolute Gasteiger partial charge is 0.334 e. The van der Waals surface area contributed by atoms with Crippen LogP contribution in [0.5, 0.6) is 0 Å². The van der Waals surface area contributed by atoms with Crippen molar-refractivity contribution in [3.8, 4) is 0 Å². The van der Waals surface area contributed by atoms with E-state index in [-0.39, 0.29) is 48.4 Å². The van der Waals surface area contributed by atoms with E-state index in [4.69, 9.17) is 0 Å². The Kier molecular flexibility index (Phi) is 4.91. The van der Waals surface area contributed by atoms with Crippen LogP contribution < -0.4 is 5.32 Å². The summed E-state index contributed by atoms with van der Waals surface area (Å²) in [7, 11) is 0. The van der Waals surface area contributed by atoms with Crippen molar-refractivity contribution in [1.29, 1.82) is 0 Å². The Balaban J connectivity index is 1.32. The Hall–Kier alpha value is -3.43. The van der Waals surface area contributed by atoms with Crippen LogP contribution in [0.15, 0.2) is 42.5 Å². The molecule has 0 unspecified atom stereocenters. The summed E-state index contributed by atoms with van der Waals surface area (Å²) in [6.45, 7) is -0.387. The molecular formula is C23H18F5N3O2. The van der Waals surface area contributed by atoms with Crippen LogP contribution in [0, 0.1) is 17.6 Å². The molecule has 2 aliphatic heterocycles. The van der Waals surface area contributed by atoms with E-state index in [0.29, 0.717) is 12.0 Å². The van der Waals surface area contributed by atoms with Crippen molar-refractivity contribution in [3.05, 3.63) is 70.8 Å². The number of rotatable bonds is 3. The maximum Gasteiger partial charge on any atom is 0.416 e. The molecule has 2 heterocycles. The Bertz CT molecular complexity index is 1190. The summed E-state index contributed by atoms with van der Waals surface area (Å²) in [5.41, 5.74) is 0.0860. The number of anilines is 1. The minimum Gasteiger partial charge on any atom is -0.334 e. The molecule has 2 aromatic rings. The van der Waals surface area contributed by atoms with Gasteiger partial charge in [0.1, 0.15) is 6.54 Å². The SMILES string of the molecule is O=C1Nc2ccc(F)c(F)c2CN1CC(=O)N1C[C@@H]2C[C@H]1C=C2c1ccccc1C(F)(F)F. The zero-order chi connectivity index (χ0) is 23.5. The lowest BCUT2D eigenvalue weighted by Crippen LogP contribution is -2.47. The lowest BCUT2D eigenvalue weighted by molar-refractivity contribution is -0.138. The molecule has 2 bridgehead atoms. The number of urea groups is 1. The Morgan fingerprint density at radius 2 is 1.88 bits per heavy atom. The van der Waals surface area contributed by atoms with Gasteiger partial charge < -0.3 is 15.1 Å². The number of nitrogens with zero attached hydrogens (tertiary/aromatic N) is 2. The number of alkyl halides is 3. The third-order valence-electron chi connectivity index (χ3n) is 6.42. The first kappa shape index (κ1) is 21.4. The highest BCUT2D eigenvalue weighted by Crippen LogP contribution is 2.46. The zero-order valence-corrected chi connectivity index (χ0v) is 17.1. The molecule has 2 atom stereocenters. The summed E-state index contributed by atoms with van der Waals surface area (Å²) in [5, 5.41) is 2.45. The summed E-state index contributed by atoms with van der Waals surface area (Å²) >= 11 is 0. The van der Waals surface area contributed by atoms with Gasteiger partial charge in [-0.05, 0) is 35.8 Å². The third-order valence-corrected chi connectivity index (χ3v) is 6.42. The molecule has 2 aromatic carbocycles. The van der Waals surface area contributed by atoms with Gasteiger partial charge in [0.2, 0.25) is 5.91 Å². The second kappa shape index (κ2) is 7.57. The van der Waals surface area contributed by atoms with Crippen molar-refractivity contribution >= 4 is 23.2 Å². The maximum atomic E-state index is 14.1. The predicted molar refractivity (Wildman–Crippen MR) is 109 cm³/mol. The molecule has 5 nitrogen and oxygen atoms in total. The number of hydrogen-bond donors (Lipinski definition) is 1. The Morgan fingerprint density at radius 3 is 2.58 bits per heavy atom. The average Bonchev–Trinajstić information content (AvgIpc) is 3.38. The van der Waals surface area contributed by atoms with Crippen LogP contribution in [0.25, 0.3) is 5.57 Å². The van der Waals surface area contributed by atoms with Crippen LogP contribution in [0.3, 0.4) is 0 Å². The first-order valence-electron chi connectivity index (χ1n) is 10.3. The van der Waals surface area contributed by atoms with Crippen molar-refractivity contribution in [3.63, 3.8) is 0 Å². The molecule has 0 spiro atoms. The highest BCUT2D eigenvalue weighted by atomic mass is 19.4. The molecular weight excluding hydrogens is 445 g/mol. The molecule has 0 aromatic heterocycles. The van der Waals surface area contributed by atoms with E-state index in [2.05, 4.69) is 5.32 Å². The molecule has 1 N–H and O–H groups in total. The van der Waals surface area contributed by atoms with Crippen LogP contribution in [-0.2, 0) is 17.5 Å². The molecule has 1 fully saturated rings. The van der Waals surface area contributed by atoms with Crippen LogP contribution in [0.2, 0.25) is 0 Å². The predicted octanol–water partition coefficient (Wildman–Crippen LogP) is 4.65. The number of carbonyl (C=O) groups excluding carboxylic acids is 2. The number of fused-ring (bicyclic) bond motifs is 3. The summed E-state index contributed by atoms with van der Waals surface area (Å²) in [4.78, 5) is 27.9. The normalized spacial score (nSPS) is 21.7. The van der Waals surface area contributed by atoms with Crippen molar-refractivity contribution in [1.82, 2.24) is 9.80 Å². The summed E-state index contributed by atoms with van der Waals surface area (Å²) in [6.07, 6.45) is -2.30. The highest BCUT2D eigenvalue weighted by molar-refractivity contribution is 5.95. The number of amides is 3. The second-order valence-corrected chi connectivity index (χ2v) is 8.39. The van der Waals surface area contributed by atoms with E-state index < -0.39 is 35.3 Å². The summed E-state index contributed by atoms with van der Waals surface area (Å²) in [6, 6.07) is 6.55. The molecule has 3 amide bonds. The Labute approximate surface area is 185 Å². The molecule has 172 valence electrons. The largest absolute Gasteiger partial charge is 0.416 e. The van der Waals surface area contributed by atoms with Crippen LogP contribution >= 0.6 is 0 Å². The highest BCUT2D eigenvalue weighted by Gasteiger charge is 2.44. The third kappa shape index (κ3) is 3.63. The number of nitrogens with one attached hydrogen (secondary N) is 1.